The summed E-state index contributed by atoms with van der Waals surface area (Å²) in [7, 11) is 1.94. The molecule has 5 rings (SSSR count). The first kappa shape index (κ1) is 23.3. The van der Waals surface area contributed by atoms with E-state index >= 15 is 0 Å². The fourth-order valence-corrected chi connectivity index (χ4v) is 5.05. The van der Waals surface area contributed by atoms with E-state index in [4.69, 9.17) is 5.73 Å². The van der Waals surface area contributed by atoms with Gasteiger partial charge in [0.15, 0.2) is 0 Å². The van der Waals surface area contributed by atoms with E-state index in [9.17, 15) is 9.59 Å². The molecular formula is C27H34N6O2. The Bertz CT molecular complexity index is 1190. The third kappa shape index (κ3) is 5.31. The van der Waals surface area contributed by atoms with Crippen molar-refractivity contribution in [1.82, 2.24) is 19.4 Å². The van der Waals surface area contributed by atoms with E-state index in [1.807, 2.05) is 48.7 Å². The number of nitrogens with two attached hydrogens (primary N) is 1. The number of benzene rings is 1. The van der Waals surface area contributed by atoms with E-state index in [1.54, 1.807) is 6.07 Å². The highest BCUT2D eigenvalue weighted by Crippen LogP contribution is 2.39. The number of amides is 2. The highest BCUT2D eigenvalue weighted by atomic mass is 16.2. The molecule has 2 N–H and O–H groups in total. The van der Waals surface area contributed by atoms with Crippen molar-refractivity contribution >= 4 is 28.7 Å². The van der Waals surface area contributed by atoms with Crippen LogP contribution in [0.5, 0.6) is 0 Å². The summed E-state index contributed by atoms with van der Waals surface area (Å²) in [6, 6.07) is 7.83. The number of nitrogens with zero attached hydrogens (tertiary/aromatic N) is 5. The Hall–Kier alpha value is -3.42. The fourth-order valence-electron chi connectivity index (χ4n) is 5.05. The third-order valence-corrected chi connectivity index (χ3v) is 7.49. The number of anilines is 1. The number of unbranched alkanes of at least 4 members (excludes halogenated alkanes) is 1. The van der Waals surface area contributed by atoms with Crippen LogP contribution in [0.1, 0.15) is 66.8 Å². The Labute approximate surface area is 206 Å². The maximum absolute atomic E-state index is 12.8. The van der Waals surface area contributed by atoms with Crippen molar-refractivity contribution in [2.75, 3.05) is 25.0 Å². The van der Waals surface area contributed by atoms with Gasteiger partial charge in [0.05, 0.1) is 0 Å². The summed E-state index contributed by atoms with van der Waals surface area (Å²) in [5, 5.41) is 1.08. The van der Waals surface area contributed by atoms with Gasteiger partial charge in [0.2, 0.25) is 17.8 Å². The van der Waals surface area contributed by atoms with Gasteiger partial charge in [0.25, 0.3) is 0 Å². The number of carbonyl (C=O) groups excluding carboxylic acids is 2. The molecule has 2 fully saturated rings. The number of rotatable bonds is 9. The zero-order valence-electron chi connectivity index (χ0n) is 20.4. The molecular weight excluding hydrogens is 440 g/mol. The lowest BCUT2D eigenvalue weighted by atomic mass is 10.0. The summed E-state index contributed by atoms with van der Waals surface area (Å²) < 4.78 is 2.13. The molecule has 1 saturated heterocycles. The third-order valence-electron chi connectivity index (χ3n) is 7.49. The smallest absolute Gasteiger partial charge is 0.248 e. The summed E-state index contributed by atoms with van der Waals surface area (Å²) >= 11 is 0. The minimum atomic E-state index is -0.418. The van der Waals surface area contributed by atoms with Gasteiger partial charge in [-0.3, -0.25) is 9.59 Å². The number of fused-ring (bicyclic) bond motifs is 1. The molecule has 0 atom stereocenters. The summed E-state index contributed by atoms with van der Waals surface area (Å²) in [6.07, 6.45) is 12.7. The Morgan fingerprint density at radius 3 is 2.49 bits per heavy atom. The summed E-state index contributed by atoms with van der Waals surface area (Å²) in [4.78, 5) is 37.7. The monoisotopic (exact) mass is 474 g/mol. The molecule has 2 amide bonds. The van der Waals surface area contributed by atoms with Gasteiger partial charge in [0.1, 0.15) is 0 Å². The number of primary amides is 1. The number of carbonyl (C=O) groups is 2. The normalized spacial score (nSPS) is 16.5. The maximum atomic E-state index is 12.8. The van der Waals surface area contributed by atoms with Crippen molar-refractivity contribution in [2.45, 2.75) is 63.5 Å². The number of hydrogen-bond donors (Lipinski definition) is 1. The van der Waals surface area contributed by atoms with E-state index in [-0.39, 0.29) is 11.9 Å². The number of aryl methyl sites for hydroxylation is 1. The van der Waals surface area contributed by atoms with Gasteiger partial charge < -0.3 is 20.1 Å². The fraction of sp³-hybridized carbons (Fsp3) is 0.481. The van der Waals surface area contributed by atoms with Crippen LogP contribution in [0.25, 0.3) is 10.9 Å². The van der Waals surface area contributed by atoms with Gasteiger partial charge in [-0.2, -0.15) is 0 Å². The van der Waals surface area contributed by atoms with Crippen LogP contribution in [-0.4, -0.2) is 57.4 Å². The van der Waals surface area contributed by atoms with E-state index in [0.29, 0.717) is 17.9 Å². The van der Waals surface area contributed by atoms with Crippen LogP contribution in [0.15, 0.2) is 42.9 Å². The van der Waals surface area contributed by atoms with Crippen LogP contribution in [0.4, 0.5) is 5.95 Å². The minimum absolute atomic E-state index is 0.210. The first-order valence-electron chi connectivity index (χ1n) is 12.7. The maximum Gasteiger partial charge on any atom is 0.248 e. The second kappa shape index (κ2) is 10.1. The average Bonchev–Trinajstić information content (AvgIpc) is 3.66. The number of hydrogen-bond acceptors (Lipinski definition) is 5. The molecule has 1 saturated carbocycles. The van der Waals surface area contributed by atoms with Crippen molar-refractivity contribution in [3.63, 3.8) is 0 Å². The van der Waals surface area contributed by atoms with Crippen LogP contribution < -0.4 is 10.6 Å². The summed E-state index contributed by atoms with van der Waals surface area (Å²) in [5.41, 5.74) is 8.20. The van der Waals surface area contributed by atoms with E-state index in [1.165, 1.54) is 18.4 Å². The van der Waals surface area contributed by atoms with Crippen LogP contribution in [-0.2, 0) is 11.3 Å². The Morgan fingerprint density at radius 1 is 1.06 bits per heavy atom. The minimum Gasteiger partial charge on any atom is -0.366 e. The summed E-state index contributed by atoms with van der Waals surface area (Å²) in [5.74, 6) is 1.27. The van der Waals surface area contributed by atoms with Gasteiger partial charge in [-0.05, 0) is 73.6 Å². The van der Waals surface area contributed by atoms with Crippen LogP contribution >= 0.6 is 0 Å². The molecule has 0 unspecified atom stereocenters. The van der Waals surface area contributed by atoms with Crippen LogP contribution in [0.2, 0.25) is 0 Å². The predicted molar refractivity (Wildman–Crippen MR) is 136 cm³/mol. The average molecular weight is 475 g/mol. The highest BCUT2D eigenvalue weighted by Gasteiger charge is 2.27. The molecule has 0 bridgehead atoms. The van der Waals surface area contributed by atoms with Crippen molar-refractivity contribution in [1.29, 1.82) is 0 Å². The van der Waals surface area contributed by atoms with Gasteiger partial charge in [-0.15, -0.1) is 0 Å². The van der Waals surface area contributed by atoms with Crippen molar-refractivity contribution in [3.05, 3.63) is 54.0 Å². The second-order valence-corrected chi connectivity index (χ2v) is 9.92. The molecule has 1 aliphatic carbocycles. The number of aromatic nitrogens is 3. The Morgan fingerprint density at radius 2 is 1.80 bits per heavy atom. The second-order valence-electron chi connectivity index (χ2n) is 9.92. The first-order chi connectivity index (χ1) is 17.0. The van der Waals surface area contributed by atoms with Gasteiger partial charge in [-0.25, -0.2) is 9.97 Å². The molecule has 2 aromatic heterocycles. The molecule has 0 spiro atoms. The van der Waals surface area contributed by atoms with Gasteiger partial charge in [0, 0.05) is 68.8 Å². The highest BCUT2D eigenvalue weighted by molar-refractivity contribution is 5.97. The van der Waals surface area contributed by atoms with Gasteiger partial charge >= 0.3 is 0 Å². The molecule has 0 radical (unpaired) electrons. The zero-order valence-corrected chi connectivity index (χ0v) is 20.4. The quantitative estimate of drug-likeness (QED) is 0.477. The summed E-state index contributed by atoms with van der Waals surface area (Å²) in [6.45, 7) is 2.55. The van der Waals surface area contributed by atoms with E-state index in [2.05, 4.69) is 19.4 Å². The predicted octanol–water partition coefficient (Wildman–Crippen LogP) is 3.71. The Kier molecular flexibility index (Phi) is 6.70. The molecule has 3 aromatic rings. The standard InChI is InChI=1S/C27H34N6O2/c1-31(23-10-14-33(15-11-23)27-29-17-22(18-30-27)19-5-6-19)25(34)4-2-3-12-32-13-9-20-7-8-21(26(28)35)16-24(20)32/h7-9,13,16-19,23H,2-6,10-12,14-15H2,1H3,(H2,28,35). The molecule has 35 heavy (non-hydrogen) atoms. The SMILES string of the molecule is CN(C(=O)CCCCn1ccc2ccc(C(N)=O)cc21)C1CCN(c2ncc(C3CC3)cn2)CC1. The lowest BCUT2D eigenvalue weighted by Gasteiger charge is -2.36. The van der Waals surface area contributed by atoms with Crippen LogP contribution in [0.3, 0.4) is 0 Å². The first-order valence-corrected chi connectivity index (χ1v) is 12.7. The molecule has 2 aliphatic rings. The van der Waals surface area contributed by atoms with Crippen LogP contribution in [0, 0.1) is 0 Å². The zero-order chi connectivity index (χ0) is 24.4. The lowest BCUT2D eigenvalue weighted by molar-refractivity contribution is -0.132. The number of piperidine rings is 1. The molecule has 1 aliphatic heterocycles. The molecule has 8 heteroatoms. The van der Waals surface area contributed by atoms with E-state index in [0.717, 1.165) is 62.2 Å². The molecule has 8 nitrogen and oxygen atoms in total. The topological polar surface area (TPSA) is 97.4 Å². The van der Waals surface area contributed by atoms with Crippen molar-refractivity contribution in [2.24, 2.45) is 5.73 Å². The van der Waals surface area contributed by atoms with Crippen molar-refractivity contribution < 1.29 is 9.59 Å². The molecule has 3 heterocycles. The van der Waals surface area contributed by atoms with Crippen molar-refractivity contribution in [3.8, 4) is 0 Å². The van der Waals surface area contributed by atoms with E-state index < -0.39 is 5.91 Å². The molecule has 184 valence electrons. The Balaban J connectivity index is 1.06. The lowest BCUT2D eigenvalue weighted by Crippen LogP contribution is -2.46. The largest absolute Gasteiger partial charge is 0.366 e. The van der Waals surface area contributed by atoms with Gasteiger partial charge in [-0.1, -0.05) is 6.07 Å². The molecule has 1 aromatic carbocycles.